The van der Waals surface area contributed by atoms with E-state index in [1.807, 2.05) is 0 Å². The van der Waals surface area contributed by atoms with Gasteiger partial charge in [-0.15, -0.1) is 0 Å². The molecular weight excluding hydrogens is 1810 g/mol. The van der Waals surface area contributed by atoms with E-state index < -0.39 is 10.8 Å². The fourth-order valence-electron chi connectivity index (χ4n) is 25.3. The highest BCUT2D eigenvalue weighted by atomic mass is 15.0. The zero-order valence-electron chi connectivity index (χ0n) is 82.2. The van der Waals surface area contributed by atoms with Gasteiger partial charge in [0.1, 0.15) is 0 Å². The molecule has 30 rings (SSSR count). The van der Waals surface area contributed by atoms with Crippen LogP contribution in [0.3, 0.4) is 0 Å². The number of hydrogen-bond donors (Lipinski definition) is 0. The molecule has 4 nitrogen and oxygen atoms in total. The number of aromatic nitrogens is 4. The summed E-state index contributed by atoms with van der Waals surface area (Å²) < 4.78 is 9.58. The van der Waals surface area contributed by atoms with Gasteiger partial charge in [0.25, 0.3) is 0 Å². The van der Waals surface area contributed by atoms with Crippen molar-refractivity contribution in [3.05, 3.63) is 627 Å². The van der Waals surface area contributed by atoms with Crippen molar-refractivity contribution in [2.75, 3.05) is 0 Å². The average molecular weight is 1910 g/mol. The number of benzene rings is 24. The van der Waals surface area contributed by atoms with Crippen LogP contribution >= 0.6 is 0 Å². The molecule has 0 amide bonds. The van der Waals surface area contributed by atoms with Gasteiger partial charge in [-0.1, -0.05) is 443 Å². The summed E-state index contributed by atoms with van der Waals surface area (Å²) in [6, 6.07) is 215. The van der Waals surface area contributed by atoms with Crippen LogP contribution in [0.15, 0.2) is 582 Å². The maximum absolute atomic E-state index is 2.43. The molecule has 0 saturated heterocycles. The van der Waals surface area contributed by atoms with Gasteiger partial charge in [0, 0.05) is 65.8 Å². The Hall–Kier alpha value is -19.5. The Kier molecular flexibility index (Phi) is 20.8. The van der Waals surface area contributed by atoms with Crippen LogP contribution < -0.4 is 0 Å². The van der Waals surface area contributed by atoms with Gasteiger partial charge >= 0.3 is 0 Å². The van der Waals surface area contributed by atoms with Crippen molar-refractivity contribution in [3.63, 3.8) is 0 Å². The van der Waals surface area contributed by atoms with E-state index in [-0.39, 0.29) is 0 Å². The van der Waals surface area contributed by atoms with Crippen molar-refractivity contribution in [1.82, 2.24) is 18.3 Å². The molecule has 0 radical (unpaired) electrons. The minimum absolute atomic E-state index is 0.504. The third-order valence-electron chi connectivity index (χ3n) is 32.1. The summed E-state index contributed by atoms with van der Waals surface area (Å²) in [6.07, 6.45) is 0. The van der Waals surface area contributed by atoms with Crippen LogP contribution in [-0.2, 0) is 10.8 Å². The zero-order valence-corrected chi connectivity index (χ0v) is 82.2. The highest BCUT2D eigenvalue weighted by molar-refractivity contribution is 6.16. The largest absolute Gasteiger partial charge is 0.309 e. The van der Waals surface area contributed by atoms with Gasteiger partial charge in [-0.2, -0.15) is 0 Å². The van der Waals surface area contributed by atoms with Crippen LogP contribution in [0.25, 0.3) is 221 Å². The van der Waals surface area contributed by atoms with Crippen molar-refractivity contribution in [3.8, 4) is 134 Å². The number of nitrogens with zero attached hydrogens (tertiary/aromatic N) is 4. The van der Waals surface area contributed by atoms with Crippen LogP contribution in [0.5, 0.6) is 0 Å². The Morgan fingerprint density at radius 3 is 0.613 bits per heavy atom. The lowest BCUT2D eigenvalue weighted by Crippen LogP contribution is -2.29. The van der Waals surface area contributed by atoms with Crippen LogP contribution in [-0.4, -0.2) is 18.3 Å². The van der Waals surface area contributed by atoms with Gasteiger partial charge in [0.2, 0.25) is 0 Å². The topological polar surface area (TPSA) is 19.7 Å². The lowest BCUT2D eigenvalue weighted by atomic mass is 9.65. The predicted molar refractivity (Wildman–Crippen MR) is 628 cm³/mol. The molecule has 0 spiro atoms. The molecule has 2 aliphatic rings. The molecule has 4 heterocycles. The summed E-state index contributed by atoms with van der Waals surface area (Å²) in [4.78, 5) is 0. The van der Waals surface area contributed by atoms with E-state index in [9.17, 15) is 0 Å². The van der Waals surface area contributed by atoms with Gasteiger partial charge in [-0.05, 0) is 295 Å². The van der Waals surface area contributed by atoms with Gasteiger partial charge in [-0.25, -0.2) is 0 Å². The third-order valence-corrected chi connectivity index (χ3v) is 32.1. The van der Waals surface area contributed by atoms with Crippen LogP contribution in [0, 0.1) is 0 Å². The van der Waals surface area contributed by atoms with E-state index in [1.54, 1.807) is 0 Å². The SMILES string of the molecule is c1ccc(-c2cccc(C3(c4cccc(-c5ccc(-c6ccc(-n7c8ccccc8c8cc(-c9ccc%10c(c9)c9ccccc9n%10-c9ccccc9)ccc87)cc6)cc5)c4)c4ccccc4-c4ccccc43)c2)cc1.c1ccc(-c2ccccc2C2(c3cccc(-c4ccc(-c5ccc(-n6c7ccccc7c7cc(-c8ccc9c(c8)c8ccccc8n9-c8ccccc8)ccc76)cc5)cc4)c3)c3ccccc3-c3ccccc32)cc1. The average Bonchev–Trinajstić information content (AvgIpc) is 1.52. The summed E-state index contributed by atoms with van der Waals surface area (Å²) in [7, 11) is 0. The zero-order chi connectivity index (χ0) is 98.9. The van der Waals surface area contributed by atoms with E-state index in [0.29, 0.717) is 0 Å². The first-order valence-electron chi connectivity index (χ1n) is 52.0. The predicted octanol–water partition coefficient (Wildman–Crippen LogP) is 37.8. The molecule has 4 aromatic heterocycles. The van der Waals surface area contributed by atoms with Crippen molar-refractivity contribution >= 4 is 87.2 Å². The molecule has 700 valence electrons. The number of hydrogen-bond acceptors (Lipinski definition) is 0. The highest BCUT2D eigenvalue weighted by Gasteiger charge is 2.49. The monoisotopic (exact) mass is 1900 g/mol. The molecule has 0 N–H and O–H groups in total. The van der Waals surface area contributed by atoms with Gasteiger partial charge in [0.15, 0.2) is 0 Å². The fourth-order valence-corrected chi connectivity index (χ4v) is 25.3. The number of fused-ring (bicyclic) bond motifs is 18. The first kappa shape index (κ1) is 87.1. The molecule has 0 unspecified atom stereocenters. The summed E-state index contributed by atoms with van der Waals surface area (Å²) in [5.41, 5.74) is 47.9. The molecule has 0 fully saturated rings. The Balaban J connectivity index is 0.000000141. The number of para-hydroxylation sites is 6. The van der Waals surface area contributed by atoms with Crippen LogP contribution in [0.1, 0.15) is 44.5 Å². The molecule has 0 atom stereocenters. The normalized spacial score (nSPS) is 12.6. The Bertz CT molecular complexity index is 10100. The highest BCUT2D eigenvalue weighted by Crippen LogP contribution is 2.60. The first-order chi connectivity index (χ1) is 74.4. The van der Waals surface area contributed by atoms with E-state index in [0.717, 1.165) is 11.4 Å². The molecule has 150 heavy (non-hydrogen) atoms. The second-order valence-electron chi connectivity index (χ2n) is 40.0. The fraction of sp³-hybridized carbons (Fsp3) is 0.0137. The number of rotatable bonds is 16. The third kappa shape index (κ3) is 14.1. The summed E-state index contributed by atoms with van der Waals surface area (Å²) in [6.45, 7) is 0. The summed E-state index contributed by atoms with van der Waals surface area (Å²) in [5.74, 6) is 0. The maximum Gasteiger partial charge on any atom is 0.0719 e. The van der Waals surface area contributed by atoms with Crippen molar-refractivity contribution < 1.29 is 0 Å². The summed E-state index contributed by atoms with van der Waals surface area (Å²) >= 11 is 0. The Morgan fingerprint density at radius 1 is 0.107 bits per heavy atom. The maximum atomic E-state index is 2.43. The Morgan fingerprint density at radius 2 is 0.300 bits per heavy atom. The van der Waals surface area contributed by atoms with Crippen molar-refractivity contribution in [1.29, 1.82) is 0 Å². The van der Waals surface area contributed by atoms with E-state index >= 15 is 0 Å². The Labute approximate surface area is 870 Å². The van der Waals surface area contributed by atoms with E-state index in [4.69, 9.17) is 0 Å². The van der Waals surface area contributed by atoms with Crippen molar-refractivity contribution in [2.24, 2.45) is 0 Å². The molecule has 0 bridgehead atoms. The molecule has 0 saturated carbocycles. The molecular formula is C146H96N4. The van der Waals surface area contributed by atoms with Crippen LogP contribution in [0.2, 0.25) is 0 Å². The standard InChI is InChI=1S/2C73H48N2/c1-3-18-52(19-4-1)59-24-7-12-29-66(59)73(67-30-13-8-25-60(67)61-26-9-14-31-68(61)73)56-21-17-20-53(46-56)51-36-34-49(35-37-51)50-38-42-58(43-39-50)75-70-33-16-11-28-63(70)65-48-55(41-45-72(65)75)54-40-44-71-64(47-54)62-27-10-15-32-69(62)74(71)57-22-5-2-6-23-57;1-3-17-49(18-4-1)53-19-15-21-57(45-53)73(67-29-11-7-25-61(67)62-26-8-12-30-68(62)73)58-22-16-20-54(46-58)52-35-33-50(34-36-52)51-37-41-60(42-38-51)75-70-32-14-10-28-64(70)66-48-56(40-44-72(66)75)55-39-43-71-65(47-55)63-27-9-13-31-69(63)74(71)59-23-5-2-6-24-59/h2*1-48H. The molecule has 4 heteroatoms. The summed E-state index contributed by atoms with van der Waals surface area (Å²) in [5, 5.41) is 10.00. The van der Waals surface area contributed by atoms with E-state index in [2.05, 4.69) is 601 Å². The first-order valence-corrected chi connectivity index (χ1v) is 52.0. The van der Waals surface area contributed by atoms with Gasteiger partial charge < -0.3 is 18.3 Å². The lowest BCUT2D eigenvalue weighted by molar-refractivity contribution is 0.769. The molecule has 2 aliphatic carbocycles. The minimum Gasteiger partial charge on any atom is -0.309 e. The van der Waals surface area contributed by atoms with Crippen LogP contribution in [0.4, 0.5) is 0 Å². The van der Waals surface area contributed by atoms with Gasteiger partial charge in [0.05, 0.1) is 55.0 Å². The lowest BCUT2D eigenvalue weighted by Gasteiger charge is -2.36. The van der Waals surface area contributed by atoms with E-state index in [1.165, 1.54) is 254 Å². The quantitative estimate of drug-likeness (QED) is 0.0919. The second kappa shape index (κ2) is 35.8. The van der Waals surface area contributed by atoms with Gasteiger partial charge in [-0.3, -0.25) is 0 Å². The molecule has 28 aromatic rings. The van der Waals surface area contributed by atoms with Crippen molar-refractivity contribution in [2.45, 2.75) is 10.8 Å². The second-order valence-corrected chi connectivity index (χ2v) is 40.0. The molecule has 24 aromatic carbocycles. The smallest absolute Gasteiger partial charge is 0.0719 e. The minimum atomic E-state index is -0.530. The molecule has 0 aliphatic heterocycles.